The molecule has 0 unspecified atom stereocenters. The fraction of sp³-hybridized carbons (Fsp3) is 0.455. The molecule has 7 heteroatoms. The van der Waals surface area contributed by atoms with Gasteiger partial charge in [-0.3, -0.25) is 4.79 Å². The van der Waals surface area contributed by atoms with E-state index in [4.69, 9.17) is 5.73 Å². The van der Waals surface area contributed by atoms with Crippen LogP contribution in [-0.2, 0) is 11.3 Å². The molecule has 0 saturated carbocycles. The summed E-state index contributed by atoms with van der Waals surface area (Å²) >= 11 is 0. The first-order valence-electron chi connectivity index (χ1n) is 5.90. The number of aromatic nitrogens is 4. The lowest BCUT2D eigenvalue weighted by Crippen LogP contribution is -2.28. The Morgan fingerprint density at radius 3 is 3.06 bits per heavy atom. The zero-order valence-corrected chi connectivity index (χ0v) is 10.3. The van der Waals surface area contributed by atoms with Crippen molar-refractivity contribution in [1.29, 1.82) is 0 Å². The third-order valence-corrected chi connectivity index (χ3v) is 2.60. The predicted octanol–water partition coefficient (Wildman–Crippen LogP) is 0.325. The largest absolute Gasteiger partial charge is 0.382 e. The van der Waals surface area contributed by atoms with E-state index in [0.717, 1.165) is 12.8 Å². The first-order valence-corrected chi connectivity index (χ1v) is 5.90. The Labute approximate surface area is 104 Å². The Morgan fingerprint density at radius 2 is 2.28 bits per heavy atom. The van der Waals surface area contributed by atoms with Gasteiger partial charge in [-0.05, 0) is 6.42 Å². The van der Waals surface area contributed by atoms with Gasteiger partial charge in [-0.1, -0.05) is 13.3 Å². The second-order valence-electron chi connectivity index (χ2n) is 4.01. The van der Waals surface area contributed by atoms with Gasteiger partial charge in [-0.25, -0.2) is 15.0 Å². The Hall–Kier alpha value is -2.18. The summed E-state index contributed by atoms with van der Waals surface area (Å²) in [4.78, 5) is 23.7. The van der Waals surface area contributed by atoms with E-state index in [1.165, 1.54) is 6.33 Å². The van der Waals surface area contributed by atoms with Gasteiger partial charge in [0.15, 0.2) is 11.5 Å². The molecule has 2 aromatic heterocycles. The van der Waals surface area contributed by atoms with Crippen LogP contribution in [0.15, 0.2) is 12.7 Å². The highest BCUT2D eigenvalue weighted by molar-refractivity contribution is 5.83. The number of nitrogens with two attached hydrogens (primary N) is 1. The van der Waals surface area contributed by atoms with Crippen molar-refractivity contribution in [3.05, 3.63) is 12.7 Å². The van der Waals surface area contributed by atoms with Gasteiger partial charge in [0.05, 0.1) is 6.33 Å². The summed E-state index contributed by atoms with van der Waals surface area (Å²) in [6, 6.07) is 0. The molecule has 0 radical (unpaired) electrons. The molecular weight excluding hydrogens is 232 g/mol. The number of nitrogen functional groups attached to an aromatic ring is 1. The molecule has 2 rings (SSSR count). The van der Waals surface area contributed by atoms with Crippen molar-refractivity contribution < 1.29 is 4.79 Å². The molecular formula is C11H16N6O. The molecule has 18 heavy (non-hydrogen) atoms. The molecule has 0 aliphatic carbocycles. The third kappa shape index (κ3) is 2.55. The molecule has 0 bridgehead atoms. The lowest BCUT2D eigenvalue weighted by molar-refractivity contribution is -0.121. The minimum Gasteiger partial charge on any atom is -0.382 e. The second kappa shape index (κ2) is 5.44. The lowest BCUT2D eigenvalue weighted by Gasteiger charge is -2.05. The average Bonchev–Trinajstić information content (AvgIpc) is 2.74. The van der Waals surface area contributed by atoms with E-state index in [-0.39, 0.29) is 12.5 Å². The zero-order chi connectivity index (χ0) is 13.0. The van der Waals surface area contributed by atoms with E-state index in [1.54, 1.807) is 10.9 Å². The van der Waals surface area contributed by atoms with Gasteiger partial charge in [0.25, 0.3) is 0 Å². The third-order valence-electron chi connectivity index (χ3n) is 2.60. The van der Waals surface area contributed by atoms with Crippen LogP contribution in [0, 0.1) is 0 Å². The van der Waals surface area contributed by atoms with Gasteiger partial charge in [0.2, 0.25) is 5.91 Å². The number of hydrogen-bond acceptors (Lipinski definition) is 5. The summed E-state index contributed by atoms with van der Waals surface area (Å²) in [5, 5.41) is 2.84. The first kappa shape index (κ1) is 12.3. The standard InChI is InChI=1S/C11H16N6O/c1-2-3-4-13-8(18)5-17-7-16-9-10(12)14-6-15-11(9)17/h6-7H,2-5H2,1H3,(H,13,18)(H2,12,14,15). The maximum Gasteiger partial charge on any atom is 0.240 e. The summed E-state index contributed by atoms with van der Waals surface area (Å²) in [7, 11) is 0. The van der Waals surface area contributed by atoms with Crippen molar-refractivity contribution >= 4 is 22.9 Å². The summed E-state index contributed by atoms with van der Waals surface area (Å²) < 4.78 is 1.66. The summed E-state index contributed by atoms with van der Waals surface area (Å²) in [6.45, 7) is 2.96. The van der Waals surface area contributed by atoms with Gasteiger partial charge < -0.3 is 15.6 Å². The molecule has 3 N–H and O–H groups in total. The SMILES string of the molecule is CCCCNC(=O)Cn1cnc2c(N)ncnc21. The van der Waals surface area contributed by atoms with Gasteiger partial charge in [0.1, 0.15) is 18.4 Å². The number of fused-ring (bicyclic) bond motifs is 1. The van der Waals surface area contributed by atoms with Gasteiger partial charge in [0, 0.05) is 6.54 Å². The Kier molecular flexibility index (Phi) is 3.71. The number of anilines is 1. The van der Waals surface area contributed by atoms with E-state index in [2.05, 4.69) is 27.2 Å². The van der Waals surface area contributed by atoms with Crippen LogP contribution in [0.25, 0.3) is 11.2 Å². The van der Waals surface area contributed by atoms with Crippen molar-refractivity contribution in [2.75, 3.05) is 12.3 Å². The van der Waals surface area contributed by atoms with Crippen molar-refractivity contribution in [3.8, 4) is 0 Å². The fourth-order valence-corrected chi connectivity index (χ4v) is 1.63. The van der Waals surface area contributed by atoms with Crippen molar-refractivity contribution in [2.45, 2.75) is 26.3 Å². The molecule has 1 amide bonds. The van der Waals surface area contributed by atoms with E-state index in [1.807, 2.05) is 0 Å². The van der Waals surface area contributed by atoms with Crippen LogP contribution >= 0.6 is 0 Å². The molecule has 96 valence electrons. The summed E-state index contributed by atoms with van der Waals surface area (Å²) in [5.41, 5.74) is 6.77. The molecule has 0 atom stereocenters. The van der Waals surface area contributed by atoms with Crippen LogP contribution in [0.5, 0.6) is 0 Å². The number of amides is 1. The van der Waals surface area contributed by atoms with Crippen molar-refractivity contribution in [2.24, 2.45) is 0 Å². The zero-order valence-electron chi connectivity index (χ0n) is 10.3. The predicted molar refractivity (Wildman–Crippen MR) is 67.7 cm³/mol. The number of nitrogens with one attached hydrogen (secondary N) is 1. The minimum absolute atomic E-state index is 0.0556. The number of nitrogens with zero attached hydrogens (tertiary/aromatic N) is 4. The topological polar surface area (TPSA) is 98.7 Å². The number of carbonyl (C=O) groups is 1. The fourth-order valence-electron chi connectivity index (χ4n) is 1.63. The first-order chi connectivity index (χ1) is 8.72. The molecule has 0 spiro atoms. The average molecular weight is 248 g/mol. The molecule has 0 aromatic carbocycles. The molecule has 0 saturated heterocycles. The number of rotatable bonds is 5. The van der Waals surface area contributed by atoms with E-state index in [9.17, 15) is 4.79 Å². The molecule has 2 heterocycles. The number of carbonyl (C=O) groups excluding carboxylic acids is 1. The van der Waals surface area contributed by atoms with Crippen molar-refractivity contribution in [1.82, 2.24) is 24.8 Å². The van der Waals surface area contributed by atoms with E-state index >= 15 is 0 Å². The second-order valence-corrected chi connectivity index (χ2v) is 4.01. The van der Waals surface area contributed by atoms with Gasteiger partial charge in [-0.15, -0.1) is 0 Å². The highest BCUT2D eigenvalue weighted by Gasteiger charge is 2.10. The molecule has 0 aliphatic heterocycles. The smallest absolute Gasteiger partial charge is 0.240 e. The minimum atomic E-state index is -0.0556. The van der Waals surface area contributed by atoms with E-state index in [0.29, 0.717) is 23.5 Å². The number of imidazole rings is 1. The normalized spacial score (nSPS) is 10.7. The van der Waals surface area contributed by atoms with Crippen LogP contribution in [-0.4, -0.2) is 32.0 Å². The maximum atomic E-state index is 11.7. The van der Waals surface area contributed by atoms with Crippen molar-refractivity contribution in [3.63, 3.8) is 0 Å². The molecule has 0 fully saturated rings. The quantitative estimate of drug-likeness (QED) is 0.743. The number of hydrogen-bond donors (Lipinski definition) is 2. The van der Waals surface area contributed by atoms with Gasteiger partial charge >= 0.3 is 0 Å². The van der Waals surface area contributed by atoms with E-state index < -0.39 is 0 Å². The molecule has 7 nitrogen and oxygen atoms in total. The van der Waals surface area contributed by atoms with Crippen LogP contribution in [0.2, 0.25) is 0 Å². The monoisotopic (exact) mass is 248 g/mol. The Morgan fingerprint density at radius 1 is 1.44 bits per heavy atom. The highest BCUT2D eigenvalue weighted by Crippen LogP contribution is 2.13. The Balaban J connectivity index is 2.08. The number of unbranched alkanes of at least 4 members (excludes halogenated alkanes) is 1. The van der Waals surface area contributed by atoms with Crippen LogP contribution in [0.3, 0.4) is 0 Å². The highest BCUT2D eigenvalue weighted by atomic mass is 16.1. The van der Waals surface area contributed by atoms with Gasteiger partial charge in [-0.2, -0.15) is 0 Å². The molecule has 2 aromatic rings. The van der Waals surface area contributed by atoms with Crippen LogP contribution in [0.1, 0.15) is 19.8 Å². The summed E-state index contributed by atoms with van der Waals surface area (Å²) in [6.07, 6.45) is 4.95. The van der Waals surface area contributed by atoms with Crippen LogP contribution in [0.4, 0.5) is 5.82 Å². The van der Waals surface area contributed by atoms with Crippen LogP contribution < -0.4 is 11.1 Å². The summed E-state index contributed by atoms with van der Waals surface area (Å²) in [5.74, 6) is 0.269. The molecule has 0 aliphatic rings. The lowest BCUT2D eigenvalue weighted by atomic mass is 10.3. The Bertz CT molecular complexity index is 549. The maximum absolute atomic E-state index is 11.7.